The molecule has 4 aromatic carbocycles. The van der Waals surface area contributed by atoms with Crippen molar-refractivity contribution in [3.8, 4) is 11.1 Å². The highest BCUT2D eigenvalue weighted by Crippen LogP contribution is 2.41. The Morgan fingerprint density at radius 2 is 1.07 bits per heavy atom. The second-order valence-corrected chi connectivity index (χ2v) is 10.5. The molecule has 0 radical (unpaired) electrons. The average molecular weight is 511 g/mol. The van der Waals surface area contributed by atoms with E-state index in [-0.39, 0.29) is 0 Å². The van der Waals surface area contributed by atoms with Crippen molar-refractivity contribution in [2.45, 2.75) is 0 Å². The third-order valence-corrected chi connectivity index (χ3v) is 8.02. The zero-order valence-corrected chi connectivity index (χ0v) is 21.4. The zero-order valence-electron chi connectivity index (χ0n) is 21.4. The van der Waals surface area contributed by atoms with Gasteiger partial charge in [-0.05, 0) is 105 Å². The molecule has 2 aliphatic heterocycles. The number of fused-ring (bicyclic) bond motifs is 8. The van der Waals surface area contributed by atoms with Crippen molar-refractivity contribution in [1.82, 2.24) is 19.9 Å². The number of rotatable bonds is 1. The van der Waals surface area contributed by atoms with E-state index in [1.165, 1.54) is 32.3 Å². The molecule has 186 valence electrons. The molecule has 0 saturated carbocycles. The first-order chi connectivity index (χ1) is 19.7. The molecule has 3 aromatic heterocycles. The molecule has 0 amide bonds. The number of nitrogens with zero attached hydrogens (tertiary/aromatic N) is 2. The average Bonchev–Trinajstić information content (AvgIpc) is 3.79. The molecule has 0 spiro atoms. The molecule has 0 aliphatic carbocycles. The van der Waals surface area contributed by atoms with Crippen LogP contribution in [0, 0.1) is 0 Å². The van der Waals surface area contributed by atoms with Gasteiger partial charge in [0, 0.05) is 27.6 Å². The maximum Gasteiger partial charge on any atom is 0.0737 e. The zero-order chi connectivity index (χ0) is 26.2. The van der Waals surface area contributed by atoms with E-state index in [4.69, 9.17) is 9.97 Å². The highest BCUT2D eigenvalue weighted by Gasteiger charge is 2.16. The smallest absolute Gasteiger partial charge is 0.0737 e. The lowest BCUT2D eigenvalue weighted by molar-refractivity contribution is 1.31. The molecule has 4 nitrogen and oxygen atoms in total. The number of hydrogen-bond donors (Lipinski definition) is 2. The summed E-state index contributed by atoms with van der Waals surface area (Å²) in [5.41, 5.74) is 9.99. The third-order valence-electron chi connectivity index (χ3n) is 8.02. The molecule has 8 bridgehead atoms. The Kier molecular flexibility index (Phi) is 4.30. The lowest BCUT2D eigenvalue weighted by Gasteiger charge is -2.14. The lowest BCUT2D eigenvalue weighted by atomic mass is 9.89. The molecule has 2 N–H and O–H groups in total. The van der Waals surface area contributed by atoms with Crippen molar-refractivity contribution in [2.75, 3.05) is 0 Å². The molecule has 5 heterocycles. The molecule has 0 fully saturated rings. The van der Waals surface area contributed by atoms with Gasteiger partial charge in [-0.25, -0.2) is 9.97 Å². The highest BCUT2D eigenvalue weighted by molar-refractivity contribution is 6.26. The molecule has 0 atom stereocenters. The van der Waals surface area contributed by atoms with Crippen LogP contribution < -0.4 is 0 Å². The van der Waals surface area contributed by atoms with Gasteiger partial charge in [-0.15, -0.1) is 0 Å². The molecular formula is C36H22N4. The van der Waals surface area contributed by atoms with Crippen LogP contribution in [0.1, 0.15) is 22.8 Å². The number of aromatic nitrogens is 4. The summed E-state index contributed by atoms with van der Waals surface area (Å²) >= 11 is 0. The number of benzene rings is 4. The van der Waals surface area contributed by atoms with Crippen LogP contribution in [0.4, 0.5) is 0 Å². The minimum absolute atomic E-state index is 0.915. The Hall–Kier alpha value is -5.48. The predicted molar refractivity (Wildman–Crippen MR) is 168 cm³/mol. The van der Waals surface area contributed by atoms with Gasteiger partial charge in [0.25, 0.3) is 0 Å². The van der Waals surface area contributed by atoms with E-state index >= 15 is 0 Å². The van der Waals surface area contributed by atoms with E-state index in [0.717, 1.165) is 56.0 Å². The van der Waals surface area contributed by atoms with Crippen molar-refractivity contribution in [3.63, 3.8) is 0 Å². The summed E-state index contributed by atoms with van der Waals surface area (Å²) < 4.78 is 0. The number of H-pyrrole nitrogens is 2. The van der Waals surface area contributed by atoms with Crippen LogP contribution in [-0.4, -0.2) is 19.9 Å². The molecule has 40 heavy (non-hydrogen) atoms. The fourth-order valence-electron chi connectivity index (χ4n) is 6.24. The monoisotopic (exact) mass is 510 g/mol. The normalized spacial score (nSPS) is 12.8. The van der Waals surface area contributed by atoms with Gasteiger partial charge in [-0.3, -0.25) is 0 Å². The molecule has 9 rings (SSSR count). The van der Waals surface area contributed by atoms with Crippen LogP contribution in [0.5, 0.6) is 0 Å². The largest absolute Gasteiger partial charge is 0.355 e. The summed E-state index contributed by atoms with van der Waals surface area (Å²) in [6.07, 6.45) is 8.32. The van der Waals surface area contributed by atoms with Gasteiger partial charge in [0.05, 0.1) is 22.8 Å². The third kappa shape index (κ3) is 3.26. The topological polar surface area (TPSA) is 57.4 Å². The van der Waals surface area contributed by atoms with Crippen LogP contribution in [0.25, 0.3) is 89.8 Å². The van der Waals surface area contributed by atoms with Gasteiger partial charge in [0.15, 0.2) is 0 Å². The van der Waals surface area contributed by atoms with Gasteiger partial charge in [-0.2, -0.15) is 0 Å². The van der Waals surface area contributed by atoms with Gasteiger partial charge in [0.2, 0.25) is 0 Å². The van der Waals surface area contributed by atoms with E-state index in [1.807, 2.05) is 6.08 Å². The molecule has 2 aliphatic rings. The maximum absolute atomic E-state index is 5.12. The summed E-state index contributed by atoms with van der Waals surface area (Å²) in [4.78, 5) is 17.1. The molecule has 4 heteroatoms. The van der Waals surface area contributed by atoms with E-state index in [0.29, 0.717) is 0 Å². The van der Waals surface area contributed by atoms with Crippen molar-refractivity contribution < 1.29 is 0 Å². The van der Waals surface area contributed by atoms with Crippen LogP contribution in [0.15, 0.2) is 97.1 Å². The summed E-state index contributed by atoms with van der Waals surface area (Å²) in [5, 5.41) is 7.62. The Morgan fingerprint density at radius 1 is 0.475 bits per heavy atom. The van der Waals surface area contributed by atoms with Gasteiger partial charge < -0.3 is 9.97 Å². The van der Waals surface area contributed by atoms with E-state index in [1.54, 1.807) is 0 Å². The van der Waals surface area contributed by atoms with Crippen LogP contribution in [0.2, 0.25) is 0 Å². The SMILES string of the molecule is C1=Cc2cc3ccc([nH]3)c(-c3ccc4ccc5cccc6ccc3c4c56)c3nc(cc4ccc(cc1n2)[nH]4)C=C3. The molecule has 0 saturated heterocycles. The predicted octanol–water partition coefficient (Wildman–Crippen LogP) is 9.22. The first kappa shape index (κ1) is 21.5. The fourth-order valence-corrected chi connectivity index (χ4v) is 6.24. The van der Waals surface area contributed by atoms with E-state index in [9.17, 15) is 0 Å². The fraction of sp³-hybridized carbons (Fsp3) is 0. The molecule has 0 unspecified atom stereocenters. The van der Waals surface area contributed by atoms with E-state index < -0.39 is 0 Å². The van der Waals surface area contributed by atoms with Gasteiger partial charge in [-0.1, -0.05) is 54.6 Å². The summed E-state index contributed by atoms with van der Waals surface area (Å²) in [6.45, 7) is 0. The Bertz CT molecular complexity index is 2370. The molecule has 7 aromatic rings. The maximum atomic E-state index is 5.12. The molecular weight excluding hydrogens is 488 g/mol. The van der Waals surface area contributed by atoms with Crippen LogP contribution >= 0.6 is 0 Å². The van der Waals surface area contributed by atoms with Crippen molar-refractivity contribution in [1.29, 1.82) is 0 Å². The minimum Gasteiger partial charge on any atom is -0.355 e. The van der Waals surface area contributed by atoms with Crippen LogP contribution in [-0.2, 0) is 0 Å². The van der Waals surface area contributed by atoms with Gasteiger partial charge in [0.1, 0.15) is 0 Å². The first-order valence-electron chi connectivity index (χ1n) is 13.5. The summed E-state index contributed by atoms with van der Waals surface area (Å²) in [5.74, 6) is 0. The van der Waals surface area contributed by atoms with Crippen molar-refractivity contribution in [2.24, 2.45) is 0 Å². The highest BCUT2D eigenvalue weighted by atomic mass is 14.8. The Morgan fingerprint density at radius 3 is 1.85 bits per heavy atom. The summed E-state index contributed by atoms with van der Waals surface area (Å²) in [6, 6.07) is 34.7. The Balaban J connectivity index is 1.42. The first-order valence-corrected chi connectivity index (χ1v) is 13.5. The summed E-state index contributed by atoms with van der Waals surface area (Å²) in [7, 11) is 0. The number of aromatic amines is 2. The van der Waals surface area contributed by atoms with E-state index in [2.05, 4.69) is 125 Å². The van der Waals surface area contributed by atoms with Crippen molar-refractivity contribution in [3.05, 3.63) is 120 Å². The van der Waals surface area contributed by atoms with Crippen molar-refractivity contribution >= 4 is 78.7 Å². The van der Waals surface area contributed by atoms with Crippen LogP contribution in [0.3, 0.4) is 0 Å². The second kappa shape index (κ2) is 8.01. The Labute approximate surface area is 229 Å². The lowest BCUT2D eigenvalue weighted by Crippen LogP contribution is -1.90. The quantitative estimate of drug-likeness (QED) is 0.216. The number of hydrogen-bond acceptors (Lipinski definition) is 2. The standard InChI is InChI=1S/C36H22N4/c1-2-21-4-5-23-7-15-31(30-14-6-22(3-1)34(21)35(23)30)36-32-16-12-28(39-32)19-26-10-8-24(37-26)18-25-9-11-27(38-25)20-29-13-17-33(36)40-29/h1-20,37,40H. The minimum atomic E-state index is 0.915. The second-order valence-electron chi connectivity index (χ2n) is 10.5. The number of nitrogens with one attached hydrogen (secondary N) is 2. The van der Waals surface area contributed by atoms with Gasteiger partial charge >= 0.3 is 0 Å².